The van der Waals surface area contributed by atoms with Crippen molar-refractivity contribution in [1.82, 2.24) is 0 Å². The number of hydrogen-bond acceptors (Lipinski definition) is 0. The van der Waals surface area contributed by atoms with Crippen LogP contribution >= 0.6 is 0 Å². The number of rotatable bonds is 6. The van der Waals surface area contributed by atoms with Gasteiger partial charge in [-0.05, 0) is 116 Å². The molecule has 0 radical (unpaired) electrons. The van der Waals surface area contributed by atoms with Crippen molar-refractivity contribution in [3.8, 4) is 0 Å². The highest BCUT2D eigenvalue weighted by atomic mass is 14.6. The molecule has 6 unspecified atom stereocenters. The Morgan fingerprint density at radius 1 is 0.793 bits per heavy atom. The highest BCUT2D eigenvalue weighted by Crippen LogP contribution is 2.68. The monoisotopic (exact) mass is 400 g/mol. The zero-order valence-corrected chi connectivity index (χ0v) is 20.8. The van der Waals surface area contributed by atoms with E-state index in [4.69, 9.17) is 0 Å². The van der Waals surface area contributed by atoms with Crippen LogP contribution in [0.15, 0.2) is 0 Å². The maximum absolute atomic E-state index is 2.76. The molecule has 0 saturated heterocycles. The van der Waals surface area contributed by atoms with Crippen LogP contribution < -0.4 is 0 Å². The third-order valence-electron chi connectivity index (χ3n) is 11.6. The van der Waals surface area contributed by atoms with Crippen LogP contribution in [-0.2, 0) is 0 Å². The van der Waals surface area contributed by atoms with Gasteiger partial charge in [-0.2, -0.15) is 0 Å². The fourth-order valence-electron chi connectivity index (χ4n) is 9.74. The largest absolute Gasteiger partial charge is 0.0651 e. The molecule has 0 aromatic carbocycles. The van der Waals surface area contributed by atoms with E-state index in [2.05, 4.69) is 41.5 Å². The second-order valence-corrected chi connectivity index (χ2v) is 13.2. The zero-order valence-electron chi connectivity index (χ0n) is 20.8. The smallest absolute Gasteiger partial charge is 0.0264 e. The lowest BCUT2D eigenvalue weighted by Gasteiger charge is -2.61. The Morgan fingerprint density at radius 3 is 2.24 bits per heavy atom. The molecule has 0 N–H and O–H groups in total. The molecule has 0 heteroatoms. The van der Waals surface area contributed by atoms with Crippen LogP contribution in [0.1, 0.15) is 125 Å². The van der Waals surface area contributed by atoms with Crippen molar-refractivity contribution in [3.05, 3.63) is 0 Å². The maximum atomic E-state index is 2.76. The van der Waals surface area contributed by atoms with Gasteiger partial charge in [-0.3, -0.25) is 0 Å². The second kappa shape index (κ2) is 8.50. The molecule has 4 aliphatic rings. The first kappa shape index (κ1) is 22.2. The Kier molecular flexibility index (Phi) is 6.51. The Morgan fingerprint density at radius 2 is 1.52 bits per heavy atom. The Balaban J connectivity index is 1.45. The van der Waals surface area contributed by atoms with Gasteiger partial charge in [0.2, 0.25) is 0 Å². The van der Waals surface area contributed by atoms with Gasteiger partial charge in [0.15, 0.2) is 0 Å². The van der Waals surface area contributed by atoms with Gasteiger partial charge in [-0.1, -0.05) is 67.2 Å². The fraction of sp³-hybridized carbons (Fsp3) is 1.00. The average Bonchev–Trinajstić information content (AvgIpc) is 3.04. The summed E-state index contributed by atoms with van der Waals surface area (Å²) >= 11 is 0. The molecule has 9 atom stereocenters. The molecule has 4 rings (SSSR count). The lowest BCUT2D eigenvalue weighted by molar-refractivity contribution is -0.121. The van der Waals surface area contributed by atoms with Gasteiger partial charge in [-0.25, -0.2) is 0 Å². The molecule has 4 aliphatic carbocycles. The number of hydrogen-bond donors (Lipinski definition) is 0. The van der Waals surface area contributed by atoms with Crippen molar-refractivity contribution < 1.29 is 0 Å². The van der Waals surface area contributed by atoms with Crippen molar-refractivity contribution in [2.75, 3.05) is 0 Å². The summed E-state index contributed by atoms with van der Waals surface area (Å²) in [5.74, 6) is 8.13. The van der Waals surface area contributed by atoms with E-state index in [0.29, 0.717) is 10.8 Å². The second-order valence-electron chi connectivity index (χ2n) is 13.2. The molecule has 29 heavy (non-hydrogen) atoms. The molecule has 4 saturated carbocycles. The van der Waals surface area contributed by atoms with E-state index >= 15 is 0 Å². The van der Waals surface area contributed by atoms with Crippen LogP contribution in [0.25, 0.3) is 0 Å². The number of fused-ring (bicyclic) bond motifs is 5. The van der Waals surface area contributed by atoms with E-state index in [9.17, 15) is 0 Å². The first-order valence-corrected chi connectivity index (χ1v) is 13.8. The molecule has 0 nitrogen and oxygen atoms in total. The lowest BCUT2D eigenvalue weighted by atomic mass is 9.44. The molecule has 4 fully saturated rings. The average molecular weight is 401 g/mol. The molecule has 0 amide bonds. The molecule has 0 spiro atoms. The standard InChI is InChI=1S/C29H52/c1-7-22-15-17-28(5)23(19-22)11-12-24-26-14-13-25(21(4)10-8-9-20(2)3)29(26,6)18-16-27(24)28/h20-27H,7-19H2,1-6H3/t21-,22+,23?,24?,25?,26+,27?,28?,29?/m1/s1. The first-order valence-electron chi connectivity index (χ1n) is 13.8. The molecule has 0 aromatic heterocycles. The lowest BCUT2D eigenvalue weighted by Crippen LogP contribution is -2.53. The van der Waals surface area contributed by atoms with Gasteiger partial charge in [0, 0.05) is 0 Å². The third kappa shape index (κ3) is 3.86. The van der Waals surface area contributed by atoms with Crippen LogP contribution in [0.4, 0.5) is 0 Å². The van der Waals surface area contributed by atoms with E-state index < -0.39 is 0 Å². The van der Waals surface area contributed by atoms with E-state index in [-0.39, 0.29) is 0 Å². The summed E-state index contributed by atoms with van der Waals surface area (Å²) in [5, 5.41) is 0. The van der Waals surface area contributed by atoms with Crippen LogP contribution in [0.5, 0.6) is 0 Å². The van der Waals surface area contributed by atoms with Crippen LogP contribution in [-0.4, -0.2) is 0 Å². The molecule has 0 bridgehead atoms. The van der Waals surface area contributed by atoms with Crippen molar-refractivity contribution >= 4 is 0 Å². The van der Waals surface area contributed by atoms with Crippen LogP contribution in [0, 0.1) is 58.2 Å². The Labute approximate surface area is 183 Å². The van der Waals surface area contributed by atoms with Crippen molar-refractivity contribution in [2.24, 2.45) is 58.2 Å². The fourth-order valence-corrected chi connectivity index (χ4v) is 9.74. The molecule has 0 aromatic rings. The summed E-state index contributed by atoms with van der Waals surface area (Å²) in [5.41, 5.74) is 1.36. The Bertz CT molecular complexity index is 548. The molecule has 168 valence electrons. The summed E-state index contributed by atoms with van der Waals surface area (Å²) in [4.78, 5) is 0. The summed E-state index contributed by atoms with van der Waals surface area (Å²) in [6.45, 7) is 15.4. The molecular weight excluding hydrogens is 348 g/mol. The van der Waals surface area contributed by atoms with Crippen molar-refractivity contribution in [3.63, 3.8) is 0 Å². The minimum absolute atomic E-state index is 0.669. The zero-order chi connectivity index (χ0) is 20.8. The Hall–Kier alpha value is 0. The van der Waals surface area contributed by atoms with E-state index in [1.807, 2.05) is 0 Å². The topological polar surface area (TPSA) is 0 Å². The van der Waals surface area contributed by atoms with Gasteiger partial charge >= 0.3 is 0 Å². The van der Waals surface area contributed by atoms with Crippen molar-refractivity contribution in [2.45, 2.75) is 125 Å². The van der Waals surface area contributed by atoms with E-state index in [0.717, 1.165) is 47.3 Å². The quantitative estimate of drug-likeness (QED) is 0.417. The summed E-state index contributed by atoms with van der Waals surface area (Å²) in [6.07, 6.45) is 19.8. The summed E-state index contributed by atoms with van der Waals surface area (Å²) < 4.78 is 0. The minimum atomic E-state index is 0.669. The summed E-state index contributed by atoms with van der Waals surface area (Å²) in [7, 11) is 0. The predicted octanol–water partition coefficient (Wildman–Crippen LogP) is 9.13. The molecule has 0 heterocycles. The van der Waals surface area contributed by atoms with Crippen LogP contribution in [0.3, 0.4) is 0 Å². The normalized spacial score (nSPS) is 48.1. The van der Waals surface area contributed by atoms with Crippen LogP contribution in [0.2, 0.25) is 0 Å². The van der Waals surface area contributed by atoms with Gasteiger partial charge in [0.25, 0.3) is 0 Å². The third-order valence-corrected chi connectivity index (χ3v) is 11.6. The molecule has 0 aliphatic heterocycles. The van der Waals surface area contributed by atoms with E-state index in [1.165, 1.54) is 32.1 Å². The highest BCUT2D eigenvalue weighted by Gasteiger charge is 2.60. The van der Waals surface area contributed by atoms with Gasteiger partial charge < -0.3 is 0 Å². The van der Waals surface area contributed by atoms with Gasteiger partial charge in [0.1, 0.15) is 0 Å². The van der Waals surface area contributed by atoms with E-state index in [1.54, 1.807) is 51.4 Å². The van der Waals surface area contributed by atoms with Gasteiger partial charge in [0.05, 0.1) is 0 Å². The summed E-state index contributed by atoms with van der Waals surface area (Å²) in [6, 6.07) is 0. The highest BCUT2D eigenvalue weighted by molar-refractivity contribution is 5.09. The minimum Gasteiger partial charge on any atom is -0.0651 e. The van der Waals surface area contributed by atoms with Gasteiger partial charge in [-0.15, -0.1) is 0 Å². The first-order chi connectivity index (χ1) is 13.8. The van der Waals surface area contributed by atoms with Crippen molar-refractivity contribution in [1.29, 1.82) is 0 Å². The predicted molar refractivity (Wildman–Crippen MR) is 127 cm³/mol. The SMILES string of the molecule is CC[C@H]1CCC2(C)C(CCC3C2CCC2(C)C([C@H](C)CCCC(C)C)CC[C@@H]32)C1. The molecular formula is C29H52. The maximum Gasteiger partial charge on any atom is -0.0264 e.